The molecule has 0 aromatic carbocycles. The van der Waals surface area contributed by atoms with Crippen LogP contribution in [0.2, 0.25) is 0 Å². The second-order valence-corrected chi connectivity index (χ2v) is 7.65. The molecule has 2 saturated heterocycles. The molecule has 2 aliphatic heterocycles. The van der Waals surface area contributed by atoms with Gasteiger partial charge in [-0.25, -0.2) is 0 Å². The van der Waals surface area contributed by atoms with Crippen molar-refractivity contribution in [2.24, 2.45) is 5.41 Å². The van der Waals surface area contributed by atoms with Gasteiger partial charge in [0.25, 0.3) is 0 Å². The molecule has 0 saturated carbocycles. The van der Waals surface area contributed by atoms with E-state index in [0.717, 1.165) is 32.5 Å². The average molecular weight is 274 g/mol. The number of nitrogens with one attached hydrogen (secondary N) is 2. The quantitative estimate of drug-likeness (QED) is 0.815. The first kappa shape index (κ1) is 13.6. The summed E-state index contributed by atoms with van der Waals surface area (Å²) in [5, 5.41) is 7.09. The van der Waals surface area contributed by atoms with Crippen molar-refractivity contribution >= 4 is 29.4 Å². The Hall–Kier alpha value is 0.130. The van der Waals surface area contributed by atoms with Crippen LogP contribution in [-0.4, -0.2) is 48.0 Å². The fourth-order valence-electron chi connectivity index (χ4n) is 2.28. The third-order valence-corrected chi connectivity index (χ3v) is 6.48. The van der Waals surface area contributed by atoms with Crippen LogP contribution in [0.4, 0.5) is 0 Å². The summed E-state index contributed by atoms with van der Waals surface area (Å²) in [6, 6.07) is 0. The molecule has 0 spiro atoms. The molecule has 2 heterocycles. The van der Waals surface area contributed by atoms with E-state index in [1.807, 2.05) is 23.5 Å². The highest BCUT2D eigenvalue weighted by molar-refractivity contribution is 8.06. The van der Waals surface area contributed by atoms with E-state index >= 15 is 0 Å². The summed E-state index contributed by atoms with van der Waals surface area (Å²) in [5.41, 5.74) is -0.141. The van der Waals surface area contributed by atoms with Gasteiger partial charge in [0.1, 0.15) is 0 Å². The third-order valence-electron chi connectivity index (χ3n) is 3.63. The van der Waals surface area contributed by atoms with Gasteiger partial charge < -0.3 is 10.6 Å². The SMILES string of the molecule is CC1(C(=O)NCC2CSCCS2)CCNCC1. The van der Waals surface area contributed by atoms with Crippen molar-refractivity contribution in [1.82, 2.24) is 10.6 Å². The van der Waals surface area contributed by atoms with E-state index in [2.05, 4.69) is 17.6 Å². The predicted molar refractivity (Wildman–Crippen MR) is 76.8 cm³/mol. The van der Waals surface area contributed by atoms with Crippen LogP contribution in [-0.2, 0) is 4.79 Å². The standard InChI is InChI=1S/C12H22N2OS2/c1-12(2-4-13-5-3-12)11(15)14-8-10-9-16-6-7-17-10/h10,13H,2-9H2,1H3,(H,14,15). The molecule has 0 aliphatic carbocycles. The maximum absolute atomic E-state index is 12.2. The largest absolute Gasteiger partial charge is 0.354 e. The maximum Gasteiger partial charge on any atom is 0.226 e. The van der Waals surface area contributed by atoms with Gasteiger partial charge in [0.15, 0.2) is 0 Å². The Balaban J connectivity index is 1.75. The molecule has 0 bridgehead atoms. The van der Waals surface area contributed by atoms with Gasteiger partial charge in [0, 0.05) is 34.5 Å². The van der Waals surface area contributed by atoms with Crippen LogP contribution in [0.15, 0.2) is 0 Å². The zero-order chi connectivity index (χ0) is 12.1. The maximum atomic E-state index is 12.2. The van der Waals surface area contributed by atoms with Crippen LogP contribution in [0.3, 0.4) is 0 Å². The minimum atomic E-state index is -0.141. The van der Waals surface area contributed by atoms with Crippen molar-refractivity contribution in [3.05, 3.63) is 0 Å². The van der Waals surface area contributed by atoms with E-state index in [4.69, 9.17) is 0 Å². The van der Waals surface area contributed by atoms with Crippen molar-refractivity contribution in [2.75, 3.05) is 36.9 Å². The Morgan fingerprint density at radius 1 is 1.41 bits per heavy atom. The first-order valence-corrected chi connectivity index (χ1v) is 8.59. The normalized spacial score (nSPS) is 28.6. The smallest absolute Gasteiger partial charge is 0.226 e. The molecule has 3 nitrogen and oxygen atoms in total. The fourth-order valence-corrected chi connectivity index (χ4v) is 4.89. The Morgan fingerprint density at radius 3 is 2.82 bits per heavy atom. The van der Waals surface area contributed by atoms with E-state index in [1.54, 1.807) is 0 Å². The number of piperidine rings is 1. The summed E-state index contributed by atoms with van der Waals surface area (Å²) in [6.45, 7) is 4.89. The molecule has 5 heteroatoms. The number of carbonyl (C=O) groups is 1. The highest BCUT2D eigenvalue weighted by Gasteiger charge is 2.34. The number of hydrogen-bond acceptors (Lipinski definition) is 4. The van der Waals surface area contributed by atoms with Gasteiger partial charge in [-0.15, -0.1) is 0 Å². The van der Waals surface area contributed by atoms with Crippen molar-refractivity contribution in [3.63, 3.8) is 0 Å². The third kappa shape index (κ3) is 3.80. The lowest BCUT2D eigenvalue weighted by Gasteiger charge is -2.33. The molecule has 0 aromatic rings. The minimum absolute atomic E-state index is 0.141. The van der Waals surface area contributed by atoms with E-state index < -0.39 is 0 Å². The van der Waals surface area contributed by atoms with E-state index in [-0.39, 0.29) is 11.3 Å². The van der Waals surface area contributed by atoms with Crippen LogP contribution in [0, 0.1) is 5.41 Å². The lowest BCUT2D eigenvalue weighted by atomic mass is 9.80. The molecule has 1 unspecified atom stereocenters. The fraction of sp³-hybridized carbons (Fsp3) is 0.917. The second-order valence-electron chi connectivity index (χ2n) is 5.09. The minimum Gasteiger partial charge on any atom is -0.354 e. The van der Waals surface area contributed by atoms with Gasteiger partial charge in [-0.2, -0.15) is 23.5 Å². The zero-order valence-electron chi connectivity index (χ0n) is 10.5. The molecule has 1 amide bonds. The molecule has 98 valence electrons. The van der Waals surface area contributed by atoms with Gasteiger partial charge in [0.2, 0.25) is 5.91 Å². The van der Waals surface area contributed by atoms with Gasteiger partial charge >= 0.3 is 0 Å². The van der Waals surface area contributed by atoms with Crippen LogP contribution in [0.1, 0.15) is 19.8 Å². The molecule has 1 atom stereocenters. The number of hydrogen-bond donors (Lipinski definition) is 2. The Bertz CT molecular complexity index is 261. The first-order valence-electron chi connectivity index (χ1n) is 6.39. The molecule has 0 aromatic heterocycles. The predicted octanol–water partition coefficient (Wildman–Crippen LogP) is 1.34. The molecule has 2 fully saturated rings. The lowest BCUT2D eigenvalue weighted by Crippen LogP contribution is -2.47. The lowest BCUT2D eigenvalue weighted by molar-refractivity contribution is -0.131. The molecule has 17 heavy (non-hydrogen) atoms. The highest BCUT2D eigenvalue weighted by Crippen LogP contribution is 2.28. The topological polar surface area (TPSA) is 41.1 Å². The van der Waals surface area contributed by atoms with Gasteiger partial charge in [0.05, 0.1) is 0 Å². The Labute approximate surface area is 112 Å². The number of amides is 1. The van der Waals surface area contributed by atoms with Crippen molar-refractivity contribution in [2.45, 2.75) is 25.0 Å². The zero-order valence-corrected chi connectivity index (χ0v) is 12.1. The molecular formula is C12H22N2OS2. The highest BCUT2D eigenvalue weighted by atomic mass is 32.2. The Kier molecular flexibility index (Phi) is 5.06. The molecule has 2 rings (SSSR count). The van der Waals surface area contributed by atoms with Crippen LogP contribution in [0.25, 0.3) is 0 Å². The summed E-state index contributed by atoms with van der Waals surface area (Å²) in [4.78, 5) is 12.2. The molecule has 2 N–H and O–H groups in total. The Morgan fingerprint density at radius 2 is 2.18 bits per heavy atom. The molecule has 2 aliphatic rings. The van der Waals surface area contributed by atoms with Crippen molar-refractivity contribution in [3.8, 4) is 0 Å². The van der Waals surface area contributed by atoms with Crippen LogP contribution < -0.4 is 10.6 Å². The van der Waals surface area contributed by atoms with E-state index in [0.29, 0.717) is 5.25 Å². The summed E-state index contributed by atoms with van der Waals surface area (Å²) in [6.07, 6.45) is 1.93. The summed E-state index contributed by atoms with van der Waals surface area (Å²) < 4.78 is 0. The van der Waals surface area contributed by atoms with Gasteiger partial charge in [-0.05, 0) is 25.9 Å². The number of rotatable bonds is 3. The van der Waals surface area contributed by atoms with Crippen molar-refractivity contribution < 1.29 is 4.79 Å². The number of thioether (sulfide) groups is 2. The summed E-state index contributed by atoms with van der Waals surface area (Å²) in [7, 11) is 0. The van der Waals surface area contributed by atoms with Crippen LogP contribution >= 0.6 is 23.5 Å². The first-order chi connectivity index (χ1) is 8.21. The summed E-state index contributed by atoms with van der Waals surface area (Å²) in [5.74, 6) is 3.93. The van der Waals surface area contributed by atoms with Gasteiger partial charge in [-0.1, -0.05) is 6.92 Å². The molecule has 0 radical (unpaired) electrons. The molecular weight excluding hydrogens is 252 g/mol. The monoisotopic (exact) mass is 274 g/mol. The average Bonchev–Trinajstić information content (AvgIpc) is 2.38. The second kappa shape index (κ2) is 6.34. The summed E-state index contributed by atoms with van der Waals surface area (Å²) >= 11 is 4.01. The van der Waals surface area contributed by atoms with E-state index in [9.17, 15) is 4.79 Å². The van der Waals surface area contributed by atoms with Crippen LogP contribution in [0.5, 0.6) is 0 Å². The number of carbonyl (C=O) groups excluding carboxylic acids is 1. The van der Waals surface area contributed by atoms with E-state index in [1.165, 1.54) is 17.3 Å². The van der Waals surface area contributed by atoms with Gasteiger partial charge in [-0.3, -0.25) is 4.79 Å². The van der Waals surface area contributed by atoms with Crippen molar-refractivity contribution in [1.29, 1.82) is 0 Å².